The van der Waals surface area contributed by atoms with Gasteiger partial charge in [-0.05, 0) is 11.8 Å². The van der Waals surface area contributed by atoms with E-state index in [1.165, 1.54) is 0 Å². The molecule has 0 aromatic rings. The number of esters is 1. The van der Waals surface area contributed by atoms with Crippen molar-refractivity contribution in [2.24, 2.45) is 17.6 Å². The van der Waals surface area contributed by atoms with Crippen molar-refractivity contribution in [3.63, 3.8) is 0 Å². The van der Waals surface area contributed by atoms with E-state index in [1.54, 1.807) is 27.7 Å². The van der Waals surface area contributed by atoms with Gasteiger partial charge in [0, 0.05) is 0 Å². The van der Waals surface area contributed by atoms with Gasteiger partial charge in [-0.2, -0.15) is 0 Å². The Bertz CT molecular complexity index is 670. The van der Waals surface area contributed by atoms with Gasteiger partial charge in [-0.15, -0.1) is 0 Å². The number of carbonyl (C=O) groups excluding carboxylic acids is 5. The predicted octanol–water partition coefficient (Wildman–Crippen LogP) is -3.65. The molecule has 0 fully saturated rings. The first-order chi connectivity index (χ1) is 14.9. The van der Waals surface area contributed by atoms with E-state index in [9.17, 15) is 29.1 Å². The van der Waals surface area contributed by atoms with Gasteiger partial charge in [0.2, 0.25) is 23.6 Å². The van der Waals surface area contributed by atoms with Gasteiger partial charge < -0.3 is 42.0 Å². The molecule has 0 saturated heterocycles. The Labute approximate surface area is 186 Å². The Hall–Kier alpha value is -2.77. The summed E-state index contributed by atoms with van der Waals surface area (Å²) in [6.07, 6.45) is 0. The first-order valence-corrected chi connectivity index (χ1v) is 10.1. The molecule has 0 bridgehead atoms. The Morgan fingerprint density at radius 1 is 0.781 bits per heavy atom. The molecule has 0 aliphatic heterocycles. The van der Waals surface area contributed by atoms with Crippen LogP contribution in [-0.2, 0) is 28.7 Å². The van der Waals surface area contributed by atoms with Gasteiger partial charge in [-0.25, -0.2) is 0 Å². The van der Waals surface area contributed by atoms with Crippen LogP contribution in [0.5, 0.6) is 0 Å². The van der Waals surface area contributed by atoms with Crippen molar-refractivity contribution >= 4 is 29.6 Å². The molecule has 0 spiro atoms. The number of hydrogen-bond acceptors (Lipinski definition) is 9. The van der Waals surface area contributed by atoms with Crippen LogP contribution in [-0.4, -0.2) is 90.8 Å². The van der Waals surface area contributed by atoms with Crippen LogP contribution in [0.1, 0.15) is 27.7 Å². The number of ether oxygens (including phenoxy) is 1. The van der Waals surface area contributed by atoms with E-state index in [-0.39, 0.29) is 5.92 Å². The minimum Gasteiger partial charge on any atom is -0.468 e. The molecular weight excluding hydrogens is 426 g/mol. The number of rotatable bonds is 13. The van der Waals surface area contributed by atoms with Crippen LogP contribution in [0.4, 0.5) is 0 Å². The van der Waals surface area contributed by atoms with Crippen molar-refractivity contribution in [1.29, 1.82) is 0 Å². The molecule has 13 nitrogen and oxygen atoms in total. The number of nitrogens with two attached hydrogens (primary N) is 1. The van der Waals surface area contributed by atoms with Crippen molar-refractivity contribution in [1.82, 2.24) is 21.3 Å². The highest BCUT2D eigenvalue weighted by Crippen LogP contribution is 2.07. The summed E-state index contributed by atoms with van der Waals surface area (Å²) < 4.78 is 4.40. The number of hydrogen-bond donors (Lipinski definition) is 7. The second-order valence-electron chi connectivity index (χ2n) is 7.79. The Balaban J connectivity index is 5.27. The van der Waals surface area contributed by atoms with Crippen molar-refractivity contribution in [2.75, 3.05) is 26.9 Å². The number of aliphatic hydroxyl groups excluding tert-OH is 2. The quantitative estimate of drug-likeness (QED) is 0.135. The Kier molecular flexibility index (Phi) is 13.1. The number of methoxy groups -OCH3 is 1. The largest absolute Gasteiger partial charge is 0.468 e. The van der Waals surface area contributed by atoms with Crippen LogP contribution in [0.3, 0.4) is 0 Å². The lowest BCUT2D eigenvalue weighted by molar-refractivity contribution is -0.141. The van der Waals surface area contributed by atoms with Gasteiger partial charge in [-0.3, -0.25) is 24.0 Å². The maximum Gasteiger partial charge on any atom is 0.325 e. The third-order valence-corrected chi connectivity index (χ3v) is 4.48. The van der Waals surface area contributed by atoms with E-state index >= 15 is 0 Å². The predicted molar refractivity (Wildman–Crippen MR) is 113 cm³/mol. The summed E-state index contributed by atoms with van der Waals surface area (Å²) in [5.74, 6) is -4.45. The highest BCUT2D eigenvalue weighted by molar-refractivity contribution is 5.95. The fourth-order valence-electron chi connectivity index (χ4n) is 2.47. The van der Waals surface area contributed by atoms with Gasteiger partial charge in [0.1, 0.15) is 30.7 Å². The summed E-state index contributed by atoms with van der Waals surface area (Å²) in [5.41, 5.74) is 5.47. The third-order valence-electron chi connectivity index (χ3n) is 4.48. The SMILES string of the molecule is COC(=O)CNC(=O)[C@H](CO)NC(=O)[C@@H](NC(=O)[C@@H](NC(=O)[C@@H](N)CO)C(C)C)C(C)C. The van der Waals surface area contributed by atoms with Crippen molar-refractivity contribution < 1.29 is 38.9 Å². The fraction of sp³-hybridized carbons (Fsp3) is 0.737. The molecule has 4 amide bonds. The molecular formula is C19H35N5O8. The topological polar surface area (TPSA) is 209 Å². The van der Waals surface area contributed by atoms with Crippen LogP contribution in [0.2, 0.25) is 0 Å². The summed E-state index contributed by atoms with van der Waals surface area (Å²) in [5, 5.41) is 28.0. The monoisotopic (exact) mass is 461 g/mol. The average Bonchev–Trinajstić information content (AvgIpc) is 2.75. The van der Waals surface area contributed by atoms with Gasteiger partial charge in [-0.1, -0.05) is 27.7 Å². The van der Waals surface area contributed by atoms with Crippen LogP contribution < -0.4 is 27.0 Å². The van der Waals surface area contributed by atoms with Crippen LogP contribution in [0.15, 0.2) is 0 Å². The van der Waals surface area contributed by atoms with E-state index in [2.05, 4.69) is 26.0 Å². The van der Waals surface area contributed by atoms with Crippen LogP contribution >= 0.6 is 0 Å². The summed E-state index contributed by atoms with van der Waals surface area (Å²) in [4.78, 5) is 60.7. The molecule has 8 N–H and O–H groups in total. The summed E-state index contributed by atoms with van der Waals surface area (Å²) in [6.45, 7) is 4.86. The molecule has 32 heavy (non-hydrogen) atoms. The molecule has 4 atom stereocenters. The van der Waals surface area contributed by atoms with Crippen molar-refractivity contribution in [3.05, 3.63) is 0 Å². The van der Waals surface area contributed by atoms with Crippen LogP contribution in [0, 0.1) is 11.8 Å². The lowest BCUT2D eigenvalue weighted by atomic mass is 9.99. The smallest absolute Gasteiger partial charge is 0.325 e. The molecule has 13 heteroatoms. The minimum absolute atomic E-state index is 0.366. The lowest BCUT2D eigenvalue weighted by Gasteiger charge is -2.28. The molecule has 184 valence electrons. The summed E-state index contributed by atoms with van der Waals surface area (Å²) in [7, 11) is 1.14. The van der Waals surface area contributed by atoms with E-state index in [0.717, 1.165) is 7.11 Å². The molecule has 0 radical (unpaired) electrons. The third kappa shape index (κ3) is 9.58. The highest BCUT2D eigenvalue weighted by Gasteiger charge is 2.33. The zero-order valence-electron chi connectivity index (χ0n) is 19.0. The van der Waals surface area contributed by atoms with Gasteiger partial charge in [0.05, 0.1) is 20.3 Å². The number of aliphatic hydroxyl groups is 2. The second-order valence-corrected chi connectivity index (χ2v) is 7.79. The molecule has 0 aromatic heterocycles. The van der Waals surface area contributed by atoms with Gasteiger partial charge in [0.15, 0.2) is 0 Å². The minimum atomic E-state index is -1.37. The van der Waals surface area contributed by atoms with Crippen molar-refractivity contribution in [3.8, 4) is 0 Å². The van der Waals surface area contributed by atoms with E-state index in [4.69, 9.17) is 10.8 Å². The average molecular weight is 462 g/mol. The van der Waals surface area contributed by atoms with Gasteiger partial charge in [0.25, 0.3) is 0 Å². The molecule has 0 aromatic carbocycles. The first-order valence-electron chi connectivity index (χ1n) is 10.1. The normalized spacial score (nSPS) is 14.7. The molecule has 0 saturated carbocycles. The molecule has 0 aliphatic carbocycles. The number of amides is 4. The highest BCUT2D eigenvalue weighted by atomic mass is 16.5. The zero-order chi connectivity index (χ0) is 25.0. The van der Waals surface area contributed by atoms with Crippen molar-refractivity contribution in [2.45, 2.75) is 51.9 Å². The molecule has 0 heterocycles. The molecule has 0 aliphatic rings. The molecule has 0 rings (SSSR count). The van der Waals surface area contributed by atoms with E-state index in [0.29, 0.717) is 0 Å². The zero-order valence-corrected chi connectivity index (χ0v) is 19.0. The standard InChI is InChI=1S/C19H35N5O8/c1-9(2)14(18(30)22-12(8-26)17(29)21-6-13(27)32-5)24-19(31)15(10(3)4)23-16(28)11(20)7-25/h9-12,14-15,25-26H,6-8,20H2,1-5H3,(H,21,29)(H,22,30)(H,23,28)(H,24,31)/t11-,12-,14-,15-/m0/s1. The van der Waals surface area contributed by atoms with E-state index in [1.807, 2.05) is 0 Å². The summed E-state index contributed by atoms with van der Waals surface area (Å²) in [6, 6.07) is -4.71. The first kappa shape index (κ1) is 29.2. The Morgan fingerprint density at radius 2 is 1.25 bits per heavy atom. The maximum atomic E-state index is 12.8. The van der Waals surface area contributed by atoms with Crippen LogP contribution in [0.25, 0.3) is 0 Å². The summed E-state index contributed by atoms with van der Waals surface area (Å²) >= 11 is 0. The fourth-order valence-corrected chi connectivity index (χ4v) is 2.47. The maximum absolute atomic E-state index is 12.8. The lowest BCUT2D eigenvalue weighted by Crippen LogP contribution is -2.60. The number of nitrogens with one attached hydrogen (secondary N) is 4. The van der Waals surface area contributed by atoms with E-state index < -0.39 is 79.4 Å². The molecule has 0 unspecified atom stereocenters. The Morgan fingerprint density at radius 3 is 1.66 bits per heavy atom. The second kappa shape index (κ2) is 14.3. The van der Waals surface area contributed by atoms with Gasteiger partial charge >= 0.3 is 5.97 Å². The number of carbonyl (C=O) groups is 5.